The van der Waals surface area contributed by atoms with Crippen LogP contribution >= 0.6 is 11.6 Å². The van der Waals surface area contributed by atoms with E-state index >= 15 is 0 Å². The largest absolute Gasteiger partial charge is 0.497 e. The van der Waals surface area contributed by atoms with E-state index in [1.54, 1.807) is 13.3 Å². The van der Waals surface area contributed by atoms with Crippen LogP contribution < -0.4 is 4.74 Å². The summed E-state index contributed by atoms with van der Waals surface area (Å²) in [5.41, 5.74) is 3.34. The summed E-state index contributed by atoms with van der Waals surface area (Å²) >= 11 is 6.00. The van der Waals surface area contributed by atoms with Crippen LogP contribution in [0.25, 0.3) is 27.8 Å². The standard InChI is InChI=1S/C20H15ClN2O3/c1-26-14-6-7-17-15(10-14)16(11-19(24)25)18-8-9-22-20(23(17)18)12-2-4-13(21)5-3-12/h2-10H,11H2,1H3,(H,24,25). The highest BCUT2D eigenvalue weighted by Gasteiger charge is 2.18. The van der Waals surface area contributed by atoms with Crippen molar-refractivity contribution in [3.8, 4) is 17.1 Å². The van der Waals surface area contributed by atoms with E-state index in [2.05, 4.69) is 4.98 Å². The minimum Gasteiger partial charge on any atom is -0.497 e. The molecule has 0 saturated carbocycles. The van der Waals surface area contributed by atoms with Gasteiger partial charge in [-0.2, -0.15) is 0 Å². The maximum Gasteiger partial charge on any atom is 0.307 e. The topological polar surface area (TPSA) is 63.8 Å². The molecule has 2 heterocycles. The van der Waals surface area contributed by atoms with Crippen molar-refractivity contribution in [2.24, 2.45) is 0 Å². The maximum atomic E-state index is 11.4. The predicted octanol–water partition coefficient (Wildman–Crippen LogP) is 4.44. The van der Waals surface area contributed by atoms with Crippen LogP contribution in [0, 0.1) is 0 Å². The number of halogens is 1. The van der Waals surface area contributed by atoms with E-state index in [9.17, 15) is 9.90 Å². The summed E-state index contributed by atoms with van der Waals surface area (Å²) in [6.45, 7) is 0. The van der Waals surface area contributed by atoms with Gasteiger partial charge in [-0.1, -0.05) is 11.6 Å². The van der Waals surface area contributed by atoms with Gasteiger partial charge in [0.1, 0.15) is 11.6 Å². The average Bonchev–Trinajstić information content (AvgIpc) is 2.95. The summed E-state index contributed by atoms with van der Waals surface area (Å²) in [5.74, 6) is 0.527. The number of fused-ring (bicyclic) bond motifs is 3. The molecule has 0 bridgehead atoms. The SMILES string of the molecule is COc1ccc2c(c1)c(CC(=O)O)c1ccnc(-c3ccc(Cl)cc3)n12. The van der Waals surface area contributed by atoms with Crippen molar-refractivity contribution in [2.45, 2.75) is 6.42 Å². The second-order valence-corrected chi connectivity index (χ2v) is 6.36. The van der Waals surface area contributed by atoms with Gasteiger partial charge in [0.2, 0.25) is 0 Å². The van der Waals surface area contributed by atoms with Gasteiger partial charge in [0.05, 0.1) is 24.6 Å². The zero-order valence-corrected chi connectivity index (χ0v) is 14.7. The van der Waals surface area contributed by atoms with E-state index in [-0.39, 0.29) is 6.42 Å². The molecule has 0 aliphatic carbocycles. The number of nitrogens with zero attached hydrogens (tertiary/aromatic N) is 2. The van der Waals surface area contributed by atoms with Crippen molar-refractivity contribution in [3.05, 3.63) is 65.3 Å². The van der Waals surface area contributed by atoms with Crippen LogP contribution in [0.4, 0.5) is 0 Å². The summed E-state index contributed by atoms with van der Waals surface area (Å²) < 4.78 is 7.30. The quantitative estimate of drug-likeness (QED) is 0.579. The Morgan fingerprint density at radius 1 is 1.15 bits per heavy atom. The van der Waals surface area contributed by atoms with Gasteiger partial charge in [-0.25, -0.2) is 4.98 Å². The van der Waals surface area contributed by atoms with Crippen molar-refractivity contribution in [1.29, 1.82) is 0 Å². The van der Waals surface area contributed by atoms with Gasteiger partial charge in [0, 0.05) is 22.2 Å². The Balaban J connectivity index is 2.10. The molecular formula is C20H15ClN2O3. The van der Waals surface area contributed by atoms with Gasteiger partial charge in [-0.15, -0.1) is 0 Å². The number of hydrogen-bond acceptors (Lipinski definition) is 3. The first-order chi connectivity index (χ1) is 12.6. The number of carbonyl (C=O) groups is 1. The lowest BCUT2D eigenvalue weighted by Gasteiger charge is -2.07. The third-order valence-corrected chi connectivity index (χ3v) is 4.64. The van der Waals surface area contributed by atoms with Crippen molar-refractivity contribution in [3.63, 3.8) is 0 Å². The molecule has 6 heteroatoms. The molecule has 0 atom stereocenters. The molecule has 26 heavy (non-hydrogen) atoms. The Bertz CT molecular complexity index is 1130. The molecule has 4 aromatic rings. The Labute approximate surface area is 154 Å². The Kier molecular flexibility index (Phi) is 4.01. The molecule has 0 spiro atoms. The lowest BCUT2D eigenvalue weighted by Crippen LogP contribution is -2.01. The molecule has 2 aromatic carbocycles. The fraction of sp³-hybridized carbons (Fsp3) is 0.100. The van der Waals surface area contributed by atoms with Crippen LogP contribution in [-0.2, 0) is 11.2 Å². The first-order valence-electron chi connectivity index (χ1n) is 8.02. The highest BCUT2D eigenvalue weighted by molar-refractivity contribution is 6.30. The maximum absolute atomic E-state index is 11.4. The van der Waals surface area contributed by atoms with E-state index in [4.69, 9.17) is 16.3 Å². The van der Waals surface area contributed by atoms with Crippen LogP contribution in [0.3, 0.4) is 0 Å². The van der Waals surface area contributed by atoms with E-state index < -0.39 is 5.97 Å². The van der Waals surface area contributed by atoms with Crippen LogP contribution in [-0.4, -0.2) is 27.6 Å². The first kappa shape index (κ1) is 16.4. The minimum atomic E-state index is -0.882. The summed E-state index contributed by atoms with van der Waals surface area (Å²) in [4.78, 5) is 16.0. The Hall–Kier alpha value is -3.05. The molecule has 130 valence electrons. The molecule has 1 N–H and O–H groups in total. The predicted molar refractivity (Wildman–Crippen MR) is 101 cm³/mol. The normalized spacial score (nSPS) is 11.2. The summed E-state index contributed by atoms with van der Waals surface area (Å²) in [7, 11) is 1.59. The van der Waals surface area contributed by atoms with E-state index in [1.807, 2.05) is 52.9 Å². The van der Waals surface area contributed by atoms with Gasteiger partial charge in [-0.05, 0) is 54.1 Å². The third kappa shape index (κ3) is 2.66. The molecule has 0 unspecified atom stereocenters. The summed E-state index contributed by atoms with van der Waals surface area (Å²) in [6.07, 6.45) is 1.62. The molecule has 0 saturated heterocycles. The average molecular weight is 367 g/mol. The van der Waals surface area contributed by atoms with Crippen LogP contribution in [0.1, 0.15) is 5.56 Å². The highest BCUT2D eigenvalue weighted by atomic mass is 35.5. The number of carboxylic acid groups (broad SMARTS) is 1. The Morgan fingerprint density at radius 2 is 1.92 bits per heavy atom. The number of benzene rings is 2. The van der Waals surface area contributed by atoms with Crippen LogP contribution in [0.2, 0.25) is 5.02 Å². The first-order valence-corrected chi connectivity index (χ1v) is 8.40. The number of rotatable bonds is 4. The molecule has 4 rings (SSSR count). The van der Waals surface area contributed by atoms with Gasteiger partial charge in [-0.3, -0.25) is 9.20 Å². The highest BCUT2D eigenvalue weighted by Crippen LogP contribution is 2.33. The number of ether oxygens (including phenoxy) is 1. The van der Waals surface area contributed by atoms with Crippen molar-refractivity contribution in [2.75, 3.05) is 7.11 Å². The summed E-state index contributed by atoms with van der Waals surface area (Å²) in [5, 5.41) is 10.9. The lowest BCUT2D eigenvalue weighted by molar-refractivity contribution is -0.136. The van der Waals surface area contributed by atoms with Gasteiger partial charge < -0.3 is 9.84 Å². The molecule has 2 aromatic heterocycles. The molecular weight excluding hydrogens is 352 g/mol. The van der Waals surface area contributed by atoms with Crippen LogP contribution in [0.5, 0.6) is 5.75 Å². The van der Waals surface area contributed by atoms with Crippen molar-refractivity contribution in [1.82, 2.24) is 9.38 Å². The number of aromatic nitrogens is 2. The minimum absolute atomic E-state index is 0.0791. The van der Waals surface area contributed by atoms with Gasteiger partial charge in [0.25, 0.3) is 0 Å². The zero-order valence-electron chi connectivity index (χ0n) is 13.9. The van der Waals surface area contributed by atoms with E-state index in [0.29, 0.717) is 10.8 Å². The summed E-state index contributed by atoms with van der Waals surface area (Å²) in [6, 6.07) is 14.9. The zero-order chi connectivity index (χ0) is 18.3. The number of carboxylic acids is 1. The van der Waals surface area contributed by atoms with Crippen molar-refractivity contribution >= 4 is 34.0 Å². The smallest absolute Gasteiger partial charge is 0.307 e. The third-order valence-electron chi connectivity index (χ3n) is 4.39. The number of aliphatic carboxylic acids is 1. The molecule has 0 aliphatic rings. The van der Waals surface area contributed by atoms with Gasteiger partial charge >= 0.3 is 5.97 Å². The molecule has 0 aliphatic heterocycles. The molecule has 5 nitrogen and oxygen atoms in total. The van der Waals surface area contributed by atoms with Crippen molar-refractivity contribution < 1.29 is 14.6 Å². The van der Waals surface area contributed by atoms with E-state index in [0.717, 1.165) is 33.4 Å². The second kappa shape index (κ2) is 6.35. The number of methoxy groups -OCH3 is 1. The van der Waals surface area contributed by atoms with E-state index in [1.165, 1.54) is 0 Å². The second-order valence-electron chi connectivity index (χ2n) is 5.93. The molecule has 0 fully saturated rings. The lowest BCUT2D eigenvalue weighted by atomic mass is 10.1. The molecule has 0 amide bonds. The number of hydrogen-bond donors (Lipinski definition) is 1. The van der Waals surface area contributed by atoms with Gasteiger partial charge in [0.15, 0.2) is 0 Å². The fourth-order valence-electron chi connectivity index (χ4n) is 3.26. The molecule has 0 radical (unpaired) electrons. The van der Waals surface area contributed by atoms with Crippen LogP contribution in [0.15, 0.2) is 54.7 Å². The fourth-order valence-corrected chi connectivity index (χ4v) is 3.39. The Morgan fingerprint density at radius 3 is 2.62 bits per heavy atom. The monoisotopic (exact) mass is 366 g/mol.